The molecular weight excluding hydrogens is 476 g/mol. The summed E-state index contributed by atoms with van der Waals surface area (Å²) in [6.45, 7) is 3.56. The van der Waals surface area contributed by atoms with Gasteiger partial charge < -0.3 is 9.47 Å². The number of esters is 2. The van der Waals surface area contributed by atoms with Gasteiger partial charge in [0, 0.05) is 12.4 Å². The first-order chi connectivity index (χ1) is 18.0. The molecule has 6 heteroatoms. The van der Waals surface area contributed by atoms with Crippen LogP contribution in [0.25, 0.3) is 0 Å². The Balaban J connectivity index is 0.00000400. The maximum Gasteiger partial charge on any atom is 0.340 e. The molecule has 192 valence electrons. The molecule has 0 aliphatic carbocycles. The Kier molecular flexibility index (Phi) is 9.83. The van der Waals surface area contributed by atoms with Crippen LogP contribution in [0.2, 0.25) is 0 Å². The summed E-state index contributed by atoms with van der Waals surface area (Å²) < 4.78 is 10.2. The van der Waals surface area contributed by atoms with Crippen molar-refractivity contribution in [3.8, 4) is 0 Å². The molecule has 0 aliphatic rings. The fourth-order valence-electron chi connectivity index (χ4n) is 3.27. The summed E-state index contributed by atoms with van der Waals surface area (Å²) in [5, 5.41) is 0. The van der Waals surface area contributed by atoms with Gasteiger partial charge in [0.1, 0.15) is 0 Å². The van der Waals surface area contributed by atoms with E-state index in [1.54, 1.807) is 61.0 Å². The third-order valence-electron chi connectivity index (χ3n) is 5.47. The van der Waals surface area contributed by atoms with E-state index in [1.807, 2.05) is 62.4 Å². The minimum Gasteiger partial charge on any atom is -0.424 e. The van der Waals surface area contributed by atoms with E-state index in [0.717, 1.165) is 22.5 Å². The molecule has 0 N–H and O–H groups in total. The van der Waals surface area contributed by atoms with Crippen molar-refractivity contribution in [2.45, 2.75) is 21.3 Å². The van der Waals surface area contributed by atoms with Crippen LogP contribution in [0.4, 0.5) is 11.4 Å². The molecule has 0 bridgehead atoms. The summed E-state index contributed by atoms with van der Waals surface area (Å²) >= 11 is 0. The normalized spacial score (nSPS) is 10.8. The molecule has 0 saturated carbocycles. The molecule has 0 fully saturated rings. The van der Waals surface area contributed by atoms with Crippen LogP contribution >= 0.6 is 0 Å². The highest BCUT2D eigenvalue weighted by Crippen LogP contribution is 2.14. The second-order valence-electron chi connectivity index (χ2n) is 8.41. The topological polar surface area (TPSA) is 77.3 Å². The predicted molar refractivity (Wildman–Crippen MR) is 152 cm³/mol. The lowest BCUT2D eigenvalue weighted by Crippen LogP contribution is -2.13. The second kappa shape index (κ2) is 13.5. The van der Waals surface area contributed by atoms with E-state index >= 15 is 0 Å². The maximum absolute atomic E-state index is 12.3. The van der Waals surface area contributed by atoms with Crippen LogP contribution in [-0.4, -0.2) is 31.2 Å². The summed E-state index contributed by atoms with van der Waals surface area (Å²) in [5.74, 6) is -1.17. The number of aliphatic imine (C=N–C) groups is 2. The standard InChI is InChI=1S/C31H26N2O4.CH4/c1-22-3-15-28(16-4-22)32-19-24-7-11-26(12-8-24)30(34)36-21-37-31(35)27-13-9-25(10-14-27)20-33-29-17-5-23(2)6-18-29;/h3-20H,21H2,1-2H3;1H4. The SMILES string of the molecule is C.Cc1ccc(N=Cc2ccc(C(=O)OCOC(=O)c3ccc(C=Nc4ccc(C)cc4)cc3)cc2)cc1. The van der Waals surface area contributed by atoms with Gasteiger partial charge in [0.25, 0.3) is 0 Å². The van der Waals surface area contributed by atoms with Gasteiger partial charge in [-0.05, 0) is 73.5 Å². The quantitative estimate of drug-likeness (QED) is 0.142. The van der Waals surface area contributed by atoms with Crippen molar-refractivity contribution in [3.63, 3.8) is 0 Å². The Bertz CT molecular complexity index is 1290. The maximum atomic E-state index is 12.3. The van der Waals surface area contributed by atoms with Crippen molar-refractivity contribution in [2.75, 3.05) is 6.79 Å². The summed E-state index contributed by atoms with van der Waals surface area (Å²) in [4.78, 5) is 33.4. The molecule has 6 nitrogen and oxygen atoms in total. The number of nitrogens with zero attached hydrogens (tertiary/aromatic N) is 2. The van der Waals surface area contributed by atoms with Crippen LogP contribution in [0.5, 0.6) is 0 Å². The summed E-state index contributed by atoms with van der Waals surface area (Å²) in [7, 11) is 0. The van der Waals surface area contributed by atoms with E-state index in [4.69, 9.17) is 9.47 Å². The zero-order valence-electron chi connectivity index (χ0n) is 20.6. The van der Waals surface area contributed by atoms with Crippen LogP contribution in [-0.2, 0) is 9.47 Å². The lowest BCUT2D eigenvalue weighted by Gasteiger charge is -2.07. The average molecular weight is 507 g/mol. The van der Waals surface area contributed by atoms with Gasteiger partial charge in [-0.3, -0.25) is 9.98 Å². The fourth-order valence-corrected chi connectivity index (χ4v) is 3.27. The van der Waals surface area contributed by atoms with E-state index in [1.165, 1.54) is 11.1 Å². The molecular formula is C32H30N2O4. The minimum atomic E-state index is -0.586. The smallest absolute Gasteiger partial charge is 0.340 e. The number of benzene rings is 4. The van der Waals surface area contributed by atoms with Gasteiger partial charge in [0.05, 0.1) is 22.5 Å². The van der Waals surface area contributed by atoms with E-state index in [0.29, 0.717) is 11.1 Å². The van der Waals surface area contributed by atoms with Gasteiger partial charge in [0.2, 0.25) is 6.79 Å². The number of rotatable bonds is 8. The first-order valence-electron chi connectivity index (χ1n) is 11.7. The number of aryl methyl sites for hydroxylation is 2. The lowest BCUT2D eigenvalue weighted by atomic mass is 10.1. The number of hydrogen-bond acceptors (Lipinski definition) is 6. The molecule has 0 amide bonds. The summed E-state index contributed by atoms with van der Waals surface area (Å²) in [6, 6.07) is 29.4. The van der Waals surface area contributed by atoms with Crippen molar-refractivity contribution < 1.29 is 19.1 Å². The molecule has 0 unspecified atom stereocenters. The minimum absolute atomic E-state index is 0. The summed E-state index contributed by atoms with van der Waals surface area (Å²) in [6.07, 6.45) is 3.45. The summed E-state index contributed by atoms with van der Waals surface area (Å²) in [5.41, 5.74) is 6.42. The van der Waals surface area contributed by atoms with Crippen molar-refractivity contribution >= 4 is 35.7 Å². The Morgan fingerprint density at radius 1 is 0.579 bits per heavy atom. The first kappa shape index (κ1) is 27.7. The van der Waals surface area contributed by atoms with Gasteiger partial charge in [-0.25, -0.2) is 9.59 Å². The fraction of sp³-hybridized carbons (Fsp3) is 0.125. The molecule has 4 aromatic carbocycles. The zero-order chi connectivity index (χ0) is 26.0. The number of ether oxygens (including phenoxy) is 2. The van der Waals surface area contributed by atoms with Gasteiger partial charge in [-0.15, -0.1) is 0 Å². The van der Waals surface area contributed by atoms with Gasteiger partial charge in [-0.1, -0.05) is 67.1 Å². The number of carbonyl (C=O) groups is 2. The molecule has 0 radical (unpaired) electrons. The highest BCUT2D eigenvalue weighted by Gasteiger charge is 2.10. The third-order valence-corrected chi connectivity index (χ3v) is 5.47. The van der Waals surface area contributed by atoms with Crippen molar-refractivity contribution in [2.24, 2.45) is 9.98 Å². The number of hydrogen-bond donors (Lipinski definition) is 0. The molecule has 0 atom stereocenters. The molecule has 4 aromatic rings. The Labute approximate surface area is 223 Å². The van der Waals surface area contributed by atoms with Crippen LogP contribution in [0.1, 0.15) is 50.4 Å². The molecule has 0 spiro atoms. The Hall–Kier alpha value is -4.84. The average Bonchev–Trinajstić information content (AvgIpc) is 2.93. The van der Waals surface area contributed by atoms with Crippen LogP contribution in [0, 0.1) is 13.8 Å². The number of carbonyl (C=O) groups excluding carboxylic acids is 2. The van der Waals surface area contributed by atoms with Crippen LogP contribution in [0.15, 0.2) is 107 Å². The largest absolute Gasteiger partial charge is 0.424 e. The van der Waals surface area contributed by atoms with Gasteiger partial charge in [-0.2, -0.15) is 0 Å². The molecule has 38 heavy (non-hydrogen) atoms. The van der Waals surface area contributed by atoms with Crippen molar-refractivity contribution in [3.05, 3.63) is 130 Å². The van der Waals surface area contributed by atoms with E-state index in [9.17, 15) is 9.59 Å². The van der Waals surface area contributed by atoms with Gasteiger partial charge >= 0.3 is 11.9 Å². The molecule has 4 rings (SSSR count). The third kappa shape index (κ3) is 8.10. The van der Waals surface area contributed by atoms with E-state index < -0.39 is 18.7 Å². The van der Waals surface area contributed by atoms with Crippen molar-refractivity contribution in [1.29, 1.82) is 0 Å². The second-order valence-corrected chi connectivity index (χ2v) is 8.41. The predicted octanol–water partition coefficient (Wildman–Crippen LogP) is 7.41. The molecule has 0 aromatic heterocycles. The molecule has 0 aliphatic heterocycles. The lowest BCUT2D eigenvalue weighted by molar-refractivity contribution is -0.0167. The van der Waals surface area contributed by atoms with Crippen LogP contribution in [0.3, 0.4) is 0 Å². The first-order valence-corrected chi connectivity index (χ1v) is 11.7. The zero-order valence-corrected chi connectivity index (χ0v) is 20.6. The van der Waals surface area contributed by atoms with Crippen LogP contribution < -0.4 is 0 Å². The van der Waals surface area contributed by atoms with Crippen molar-refractivity contribution in [1.82, 2.24) is 0 Å². The highest BCUT2D eigenvalue weighted by atomic mass is 16.7. The van der Waals surface area contributed by atoms with Gasteiger partial charge in [0.15, 0.2) is 0 Å². The van der Waals surface area contributed by atoms with E-state index in [2.05, 4.69) is 9.98 Å². The highest BCUT2D eigenvalue weighted by molar-refractivity contribution is 5.92. The monoisotopic (exact) mass is 506 g/mol. The Morgan fingerprint density at radius 2 is 0.921 bits per heavy atom. The Morgan fingerprint density at radius 3 is 1.26 bits per heavy atom. The molecule has 0 saturated heterocycles. The molecule has 0 heterocycles. The van der Waals surface area contributed by atoms with E-state index in [-0.39, 0.29) is 7.43 Å².